The van der Waals surface area contributed by atoms with Gasteiger partial charge in [-0.3, -0.25) is 57.5 Å². The first-order chi connectivity index (χ1) is 53.5. The van der Waals surface area contributed by atoms with E-state index in [1.807, 2.05) is 28.8 Å². The van der Waals surface area contributed by atoms with Gasteiger partial charge in [-0.05, 0) is 142 Å². The second kappa shape index (κ2) is 38.7. The molecule has 10 atom stereocenters. The van der Waals surface area contributed by atoms with Gasteiger partial charge in [0.05, 0.1) is 47.0 Å². The minimum atomic E-state index is -1.85. The minimum absolute atomic E-state index is 0.0754. The lowest BCUT2D eigenvalue weighted by atomic mass is 9.95. The van der Waals surface area contributed by atoms with Crippen LogP contribution in [0.1, 0.15) is 138 Å². The van der Waals surface area contributed by atoms with Crippen LogP contribution in [-0.4, -0.2) is 234 Å². The number of halogens is 1. The molecule has 112 heavy (non-hydrogen) atoms. The highest BCUT2D eigenvalue weighted by molar-refractivity contribution is 6.00. The van der Waals surface area contributed by atoms with Gasteiger partial charge in [0.2, 0.25) is 70.9 Å². The molecule has 30 heteroatoms. The zero-order chi connectivity index (χ0) is 80.4. The summed E-state index contributed by atoms with van der Waals surface area (Å²) in [5.74, 6) is -8.99. The number of rotatable bonds is 12. The first-order valence-electron chi connectivity index (χ1n) is 39.2. The molecule has 6 aliphatic heterocycles. The molecule has 2 fully saturated rings. The van der Waals surface area contributed by atoms with Crippen LogP contribution in [0.2, 0.25) is 0 Å². The zero-order valence-corrected chi connectivity index (χ0v) is 65.3. The molecular formula is C82H110FN14O15+. The largest absolute Gasteiger partial charge is 0.497 e. The molecule has 10 N–H and O–H groups in total. The number of hydrogen-bond acceptors (Lipinski definition) is 15. The van der Waals surface area contributed by atoms with Crippen molar-refractivity contribution < 1.29 is 81.0 Å². The van der Waals surface area contributed by atoms with Crippen molar-refractivity contribution >= 4 is 81.8 Å². The number of nitrogens with one attached hydrogen (secondary N) is 9. The third-order valence-electron chi connectivity index (χ3n) is 21.7. The molecule has 11 rings (SSSR count). The predicted molar refractivity (Wildman–Crippen MR) is 413 cm³/mol. The molecule has 5 aromatic rings. The van der Waals surface area contributed by atoms with E-state index >= 15 is 33.2 Å². The van der Waals surface area contributed by atoms with Gasteiger partial charge in [0.1, 0.15) is 66.0 Å². The molecule has 7 heterocycles. The number of hydrogen-bond donors (Lipinski definition) is 10. The van der Waals surface area contributed by atoms with Crippen molar-refractivity contribution in [3.05, 3.63) is 136 Å². The fourth-order valence-corrected chi connectivity index (χ4v) is 15.3. The Bertz CT molecular complexity index is 4220. The molecule has 0 saturated carbocycles. The van der Waals surface area contributed by atoms with Crippen LogP contribution >= 0.6 is 0 Å². The lowest BCUT2D eigenvalue weighted by Gasteiger charge is -2.37. The number of amides is 12. The van der Waals surface area contributed by atoms with Gasteiger partial charge in [0.15, 0.2) is 0 Å². The van der Waals surface area contributed by atoms with Crippen molar-refractivity contribution in [3.8, 4) is 5.75 Å². The van der Waals surface area contributed by atoms with Gasteiger partial charge in [-0.2, -0.15) is 0 Å². The Balaban J connectivity index is 1.08. The number of aliphatic hydroxyl groups is 1. The summed E-state index contributed by atoms with van der Waals surface area (Å²) >= 11 is 0. The van der Waals surface area contributed by atoms with Gasteiger partial charge in [-0.25, -0.2) is 4.39 Å². The number of nitrogens with zero attached hydrogens (tertiary/aromatic N) is 5. The highest BCUT2D eigenvalue weighted by atomic mass is 19.1. The average molecular weight is 1550 g/mol. The third-order valence-corrected chi connectivity index (χ3v) is 21.7. The van der Waals surface area contributed by atoms with E-state index in [4.69, 9.17) is 9.47 Å². The first kappa shape index (κ1) is 84.1. The molecule has 0 aliphatic carbocycles. The Morgan fingerprint density at radius 3 is 2.15 bits per heavy atom. The molecule has 6 aliphatic rings. The van der Waals surface area contributed by atoms with E-state index in [-0.39, 0.29) is 90.0 Å². The lowest BCUT2D eigenvalue weighted by Crippen LogP contribution is -2.64. The van der Waals surface area contributed by atoms with Gasteiger partial charge in [0, 0.05) is 108 Å². The molecule has 12 amide bonds. The maximum atomic E-state index is 16.2. The maximum absolute atomic E-state index is 16.2. The first-order valence-corrected chi connectivity index (χ1v) is 39.2. The summed E-state index contributed by atoms with van der Waals surface area (Å²) in [4.78, 5) is 183. The van der Waals surface area contributed by atoms with Crippen LogP contribution in [0.15, 0.2) is 97.2 Å². The number of unbranched alkanes of at least 4 members (excludes halogenated alkanes) is 2. The van der Waals surface area contributed by atoms with E-state index in [1.54, 1.807) is 72.6 Å². The predicted octanol–water partition coefficient (Wildman–Crippen LogP) is 2.56. The van der Waals surface area contributed by atoms with Crippen molar-refractivity contribution in [2.24, 2.45) is 0 Å². The third kappa shape index (κ3) is 22.7. The Morgan fingerprint density at radius 2 is 1.41 bits per heavy atom. The Hall–Kier alpha value is -10.3. The van der Waals surface area contributed by atoms with Gasteiger partial charge in [-0.1, -0.05) is 73.5 Å². The van der Waals surface area contributed by atoms with Crippen LogP contribution in [0.5, 0.6) is 5.75 Å². The Labute approximate surface area is 652 Å². The van der Waals surface area contributed by atoms with Crippen molar-refractivity contribution in [2.45, 2.75) is 210 Å². The van der Waals surface area contributed by atoms with Crippen LogP contribution in [0.4, 0.5) is 4.39 Å². The number of carbonyl (C=O) groups is 12. The van der Waals surface area contributed by atoms with Crippen LogP contribution in [-0.2, 0) is 108 Å². The summed E-state index contributed by atoms with van der Waals surface area (Å²) in [6.07, 6.45) is 3.06. The number of aromatic nitrogens is 1. The Kier molecular flexibility index (Phi) is 29.1. The van der Waals surface area contributed by atoms with Crippen LogP contribution in [0, 0.1) is 5.82 Å². The molecular weight excluding hydrogens is 1440 g/mol. The maximum Gasteiger partial charge on any atom is 0.246 e. The molecule has 2 saturated heterocycles. The number of aryl methyl sites for hydroxylation is 1. The van der Waals surface area contributed by atoms with E-state index in [0.29, 0.717) is 96.9 Å². The Morgan fingerprint density at radius 1 is 0.688 bits per heavy atom. The summed E-state index contributed by atoms with van der Waals surface area (Å²) in [5.41, 5.74) is 2.77. The fourth-order valence-electron chi connectivity index (χ4n) is 15.3. The van der Waals surface area contributed by atoms with Gasteiger partial charge in [-0.15, -0.1) is 0 Å². The number of carbonyl (C=O) groups excluding carboxylic acids is 12. The number of ether oxygens (including phenoxy) is 2. The van der Waals surface area contributed by atoms with E-state index < -0.39 is 144 Å². The average Bonchev–Trinajstić information content (AvgIpc) is 1.63. The summed E-state index contributed by atoms with van der Waals surface area (Å²) in [7, 11) is 7.69. The van der Waals surface area contributed by atoms with Crippen molar-refractivity contribution in [1.29, 1.82) is 0 Å². The molecule has 1 aromatic heterocycles. The van der Waals surface area contributed by atoms with Gasteiger partial charge < -0.3 is 86.2 Å². The highest BCUT2D eigenvalue weighted by Crippen LogP contribution is 2.32. The van der Waals surface area contributed by atoms with Crippen molar-refractivity contribution in [2.75, 3.05) is 74.1 Å². The fraction of sp³-hybridized carbons (Fsp3) is 0.537. The molecule has 4 aromatic carbocycles. The second-order valence-corrected chi connectivity index (χ2v) is 31.5. The van der Waals surface area contributed by atoms with E-state index in [9.17, 15) is 33.9 Å². The zero-order valence-electron chi connectivity index (χ0n) is 65.3. The normalized spacial score (nSPS) is 24.9. The quantitative estimate of drug-likeness (QED) is 0.0634. The van der Waals surface area contributed by atoms with Crippen molar-refractivity contribution in [1.82, 2.24) is 67.1 Å². The topological polar surface area (TPSA) is 366 Å². The van der Waals surface area contributed by atoms with Gasteiger partial charge >= 0.3 is 0 Å². The van der Waals surface area contributed by atoms with E-state index in [2.05, 4.69) is 69.0 Å². The summed E-state index contributed by atoms with van der Waals surface area (Å²) in [5, 5.41) is 37.2. The summed E-state index contributed by atoms with van der Waals surface area (Å²) in [6.45, 7) is 4.88. The van der Waals surface area contributed by atoms with E-state index in [1.165, 1.54) is 38.0 Å². The lowest BCUT2D eigenvalue weighted by molar-refractivity contribution is -0.870. The standard InChI is InChI=1S/C82H109FN14O15/c1-51-74(103)91-65(47-86-68(99)19-11-10-14-40-97(4,5)6)76(105)88-62-43-56-17-15-18-57(41-56)46-85-70(101)50-112-67-33-39-95-73(67)78(107)92-72(52(2)98)77(106)90-63(42-54-24-27-60(111-7)28-25-54)80(109)96-38-16-34-82(96,3)81(110)84-35-32-53-20-22-55(23-21-53)48-94(71(102)31-30-69(100)87-51)37-13-9-8-12-36-93-49-58(44-64(79(95)108)89-75(62)104)61-45-59(83)26-29-66(61)93/h15,17-18,20-29,41,45,49,51-52,62-65,67,72-73,98H,8-14,16,19,30-40,42-44,46-48,50H2,1-7H3,(H8-,84,85,86,87,88,89,90,91,92,99,100,101,103,104,105,106,107,110)/p+1/t51-,52+,62?,63-,64-,65+,67-,72?,73?,82-/m0/s1. The van der Waals surface area contributed by atoms with Crippen LogP contribution in [0.3, 0.4) is 0 Å². The number of aliphatic hydroxyl groups excluding tert-OH is 1. The smallest absolute Gasteiger partial charge is 0.246 e. The summed E-state index contributed by atoms with van der Waals surface area (Å²) < 4.78 is 30.2. The number of fused-ring (bicyclic) bond motifs is 16. The summed E-state index contributed by atoms with van der Waals surface area (Å²) in [6, 6.07) is 14.1. The van der Waals surface area contributed by atoms with Gasteiger partial charge in [0.25, 0.3) is 0 Å². The molecule has 3 unspecified atom stereocenters. The SMILES string of the molecule is COc1ccc(C[C@@H]2NC(=O)C([C@@H](C)O)NC(=O)C3[C@@H]4CCN3C(=O)[C@@H]3Cc5cn(c6ccc(F)cc56)CCCCCCN(Cc5ccc(cc5)CCNC(=O)[C@]5(C)CCCN5C2=O)C(=O)CCC(=O)N[C@@H](C)C(=O)N[C@H](CNC(=O)CCCCC[N+](C)(C)C)C(=O)NC(Cc2cccc(c2)CNC(=O)CO4)C(=O)N3)cc1. The van der Waals surface area contributed by atoms with Crippen LogP contribution in [0.25, 0.3) is 10.9 Å². The number of methoxy groups -OCH3 is 1. The minimum Gasteiger partial charge on any atom is -0.497 e. The highest BCUT2D eigenvalue weighted by Gasteiger charge is 2.50. The van der Waals surface area contributed by atoms with E-state index in [0.717, 1.165) is 39.9 Å². The number of benzene rings is 4. The second-order valence-electron chi connectivity index (χ2n) is 31.5. The van der Waals surface area contributed by atoms with Crippen molar-refractivity contribution in [3.63, 3.8) is 0 Å². The molecule has 12 bridgehead atoms. The molecule has 0 radical (unpaired) electrons. The molecule has 29 nitrogen and oxygen atoms in total. The number of quaternary nitrogens is 1. The molecule has 604 valence electrons. The molecule has 0 spiro atoms. The van der Waals surface area contributed by atoms with Crippen LogP contribution < -0.4 is 52.6 Å². The monoisotopic (exact) mass is 1550 g/mol.